The van der Waals surface area contributed by atoms with Crippen LogP contribution < -0.4 is 0 Å². The van der Waals surface area contributed by atoms with Crippen LogP contribution in [0.1, 0.15) is 23.3 Å². The molecule has 1 fully saturated rings. The molecule has 1 saturated heterocycles. The lowest BCUT2D eigenvalue weighted by Crippen LogP contribution is -2.38. The van der Waals surface area contributed by atoms with Crippen LogP contribution in [0.2, 0.25) is 0 Å². The monoisotopic (exact) mass is 271 g/mol. The molecule has 1 aromatic rings. The molecule has 1 aliphatic rings. The van der Waals surface area contributed by atoms with Crippen molar-refractivity contribution in [1.82, 2.24) is 14.9 Å². The first-order valence-corrected chi connectivity index (χ1v) is 6.37. The Morgan fingerprint density at radius 3 is 2.56 bits per heavy atom. The summed E-state index contributed by atoms with van der Waals surface area (Å²) in [5.74, 6) is -1.03. The highest BCUT2D eigenvalue weighted by Gasteiger charge is 2.23. The minimum absolute atomic E-state index is 0.0699. The molecule has 2 heterocycles. The van der Waals surface area contributed by atoms with Gasteiger partial charge in [0.25, 0.3) is 0 Å². The lowest BCUT2D eigenvalue weighted by atomic mass is 10.1. The highest BCUT2D eigenvalue weighted by atomic mass is 32.2. The molecule has 1 aliphatic heterocycles. The van der Waals surface area contributed by atoms with Crippen LogP contribution in [0.25, 0.3) is 0 Å². The van der Waals surface area contributed by atoms with Gasteiger partial charge in [-0.05, 0) is 12.8 Å². The normalized spacial score (nSPS) is 16.8. The highest BCUT2D eigenvalue weighted by molar-refractivity contribution is 7.99. The zero-order valence-electron chi connectivity index (χ0n) is 9.50. The first-order chi connectivity index (χ1) is 8.56. The van der Waals surface area contributed by atoms with Crippen LogP contribution in [0.5, 0.6) is 0 Å². The first kappa shape index (κ1) is 12.7. The maximum absolute atomic E-state index is 10.7. The predicted molar refractivity (Wildman–Crippen MR) is 64.0 cm³/mol. The number of imidazole rings is 1. The number of piperidine rings is 1. The number of aromatic carboxylic acids is 1. The van der Waals surface area contributed by atoms with Gasteiger partial charge in [0.05, 0.1) is 6.20 Å². The molecule has 0 aliphatic carbocycles. The Balaban J connectivity index is 1.87. The van der Waals surface area contributed by atoms with Crippen LogP contribution in [0, 0.1) is 0 Å². The second-order valence-electron chi connectivity index (χ2n) is 3.99. The molecule has 1 amide bonds. The second kappa shape index (κ2) is 5.30. The van der Waals surface area contributed by atoms with E-state index in [0.717, 1.165) is 12.8 Å². The van der Waals surface area contributed by atoms with Gasteiger partial charge in [0, 0.05) is 18.3 Å². The molecule has 1 aromatic heterocycles. The number of carbonyl (C=O) groups is 2. The smallest absolute Gasteiger partial charge is 0.407 e. The molecule has 0 atom stereocenters. The van der Waals surface area contributed by atoms with E-state index in [1.54, 1.807) is 0 Å². The summed E-state index contributed by atoms with van der Waals surface area (Å²) in [5.41, 5.74) is 0.0699. The molecule has 3 N–H and O–H groups in total. The summed E-state index contributed by atoms with van der Waals surface area (Å²) >= 11 is 1.47. The third kappa shape index (κ3) is 2.95. The summed E-state index contributed by atoms with van der Waals surface area (Å²) in [6.07, 6.45) is 1.90. The molecule has 18 heavy (non-hydrogen) atoms. The van der Waals surface area contributed by atoms with Crippen LogP contribution >= 0.6 is 11.8 Å². The summed E-state index contributed by atoms with van der Waals surface area (Å²) in [6.45, 7) is 1.03. The molecule has 0 spiro atoms. The predicted octanol–water partition coefficient (Wildman–Crippen LogP) is 1.34. The molecule has 2 rings (SSSR count). The summed E-state index contributed by atoms with van der Waals surface area (Å²) in [6, 6.07) is 0. The number of aromatic amines is 1. The average molecular weight is 271 g/mol. The van der Waals surface area contributed by atoms with E-state index in [4.69, 9.17) is 10.2 Å². The van der Waals surface area contributed by atoms with Gasteiger partial charge >= 0.3 is 12.1 Å². The fourth-order valence-corrected chi connectivity index (χ4v) is 2.84. The lowest BCUT2D eigenvalue weighted by Gasteiger charge is -2.28. The first-order valence-electron chi connectivity index (χ1n) is 5.49. The van der Waals surface area contributed by atoms with E-state index in [1.165, 1.54) is 22.9 Å². The number of nitrogens with one attached hydrogen (secondary N) is 1. The lowest BCUT2D eigenvalue weighted by molar-refractivity contribution is 0.0690. The van der Waals surface area contributed by atoms with Crippen molar-refractivity contribution >= 4 is 23.8 Å². The summed E-state index contributed by atoms with van der Waals surface area (Å²) < 4.78 is 0. The van der Waals surface area contributed by atoms with Gasteiger partial charge in [-0.2, -0.15) is 0 Å². The Morgan fingerprint density at radius 2 is 2.06 bits per heavy atom. The second-order valence-corrected chi connectivity index (χ2v) is 5.28. The van der Waals surface area contributed by atoms with Gasteiger partial charge < -0.3 is 20.1 Å². The van der Waals surface area contributed by atoms with Crippen molar-refractivity contribution in [3.8, 4) is 0 Å². The van der Waals surface area contributed by atoms with Crippen molar-refractivity contribution in [3.63, 3.8) is 0 Å². The third-order valence-electron chi connectivity index (χ3n) is 2.77. The van der Waals surface area contributed by atoms with Crippen molar-refractivity contribution < 1.29 is 19.8 Å². The van der Waals surface area contributed by atoms with Crippen molar-refractivity contribution in [3.05, 3.63) is 11.9 Å². The van der Waals surface area contributed by atoms with Gasteiger partial charge in [0.2, 0.25) is 0 Å². The zero-order chi connectivity index (χ0) is 13.1. The standard InChI is InChI=1S/C10H13N3O4S/c14-8(15)7-5-11-9(12-7)18-6-1-3-13(4-2-6)10(16)17/h5-6H,1-4H2,(H,11,12)(H,14,15)(H,16,17). The van der Waals surface area contributed by atoms with E-state index < -0.39 is 12.1 Å². The molecule has 0 radical (unpaired) electrons. The number of hydrogen-bond acceptors (Lipinski definition) is 4. The van der Waals surface area contributed by atoms with E-state index in [-0.39, 0.29) is 10.9 Å². The third-order valence-corrected chi connectivity index (χ3v) is 4.01. The SMILES string of the molecule is O=C(O)c1cnc(SC2CCN(C(=O)O)CC2)[nH]1. The van der Waals surface area contributed by atoms with Crippen LogP contribution in [0.3, 0.4) is 0 Å². The van der Waals surface area contributed by atoms with Crippen molar-refractivity contribution in [2.24, 2.45) is 0 Å². The van der Waals surface area contributed by atoms with Gasteiger partial charge in [-0.1, -0.05) is 11.8 Å². The van der Waals surface area contributed by atoms with Crippen molar-refractivity contribution in [2.75, 3.05) is 13.1 Å². The molecule has 0 bridgehead atoms. The van der Waals surface area contributed by atoms with Crippen LogP contribution in [0.15, 0.2) is 11.4 Å². The number of H-pyrrole nitrogens is 1. The van der Waals surface area contributed by atoms with E-state index in [0.29, 0.717) is 18.2 Å². The number of nitrogens with zero attached hydrogens (tertiary/aromatic N) is 2. The molecule has 0 saturated carbocycles. The Kier molecular flexibility index (Phi) is 3.75. The molecule has 7 nitrogen and oxygen atoms in total. The zero-order valence-corrected chi connectivity index (χ0v) is 10.3. The van der Waals surface area contributed by atoms with Gasteiger partial charge in [-0.15, -0.1) is 0 Å². The van der Waals surface area contributed by atoms with Gasteiger partial charge in [0.15, 0.2) is 5.16 Å². The Bertz CT molecular complexity index is 454. The number of likely N-dealkylation sites (tertiary alicyclic amines) is 1. The van der Waals surface area contributed by atoms with Crippen molar-refractivity contribution in [2.45, 2.75) is 23.2 Å². The number of hydrogen-bond donors (Lipinski definition) is 3. The van der Waals surface area contributed by atoms with Gasteiger partial charge in [-0.25, -0.2) is 14.6 Å². The molecular formula is C10H13N3O4S. The van der Waals surface area contributed by atoms with Crippen LogP contribution in [-0.4, -0.2) is 55.5 Å². The molecule has 0 aromatic carbocycles. The molecular weight excluding hydrogens is 258 g/mol. The molecule has 0 unspecified atom stereocenters. The van der Waals surface area contributed by atoms with Crippen LogP contribution in [0.4, 0.5) is 4.79 Å². The fraction of sp³-hybridized carbons (Fsp3) is 0.500. The largest absolute Gasteiger partial charge is 0.477 e. The number of rotatable bonds is 3. The van der Waals surface area contributed by atoms with E-state index in [2.05, 4.69) is 9.97 Å². The minimum atomic E-state index is -1.03. The van der Waals surface area contributed by atoms with E-state index in [9.17, 15) is 9.59 Å². The quantitative estimate of drug-likeness (QED) is 0.766. The number of thioether (sulfide) groups is 1. The fourth-order valence-electron chi connectivity index (χ4n) is 1.79. The van der Waals surface area contributed by atoms with Crippen LogP contribution in [-0.2, 0) is 0 Å². The maximum atomic E-state index is 10.7. The Hall–Kier alpha value is -1.70. The number of amides is 1. The van der Waals surface area contributed by atoms with Gasteiger partial charge in [0.1, 0.15) is 5.69 Å². The average Bonchev–Trinajstić information content (AvgIpc) is 2.78. The number of aromatic nitrogens is 2. The molecule has 8 heteroatoms. The summed E-state index contributed by atoms with van der Waals surface area (Å²) in [5, 5.41) is 18.4. The Labute approximate surface area is 107 Å². The Morgan fingerprint density at radius 1 is 1.39 bits per heavy atom. The van der Waals surface area contributed by atoms with E-state index >= 15 is 0 Å². The van der Waals surface area contributed by atoms with Gasteiger partial charge in [-0.3, -0.25) is 0 Å². The maximum Gasteiger partial charge on any atom is 0.407 e. The van der Waals surface area contributed by atoms with Crippen molar-refractivity contribution in [1.29, 1.82) is 0 Å². The summed E-state index contributed by atoms with van der Waals surface area (Å²) in [7, 11) is 0. The minimum Gasteiger partial charge on any atom is -0.477 e. The molecule has 98 valence electrons. The number of carboxylic acid groups (broad SMARTS) is 2. The number of carboxylic acids is 1. The summed E-state index contributed by atoms with van der Waals surface area (Å²) in [4.78, 5) is 29.5. The highest BCUT2D eigenvalue weighted by Crippen LogP contribution is 2.28. The topological polar surface area (TPSA) is 107 Å². The van der Waals surface area contributed by atoms with E-state index in [1.807, 2.05) is 0 Å².